The number of thioether (sulfide) groups is 1. The average Bonchev–Trinajstić information content (AvgIpc) is 2.43. The number of allylic oxidation sites excluding steroid dienone is 1. The van der Waals surface area contributed by atoms with Crippen LogP contribution in [-0.4, -0.2) is 6.54 Å². The highest BCUT2D eigenvalue weighted by Gasteiger charge is 2.13. The Bertz CT molecular complexity index is 494. The molecule has 20 heavy (non-hydrogen) atoms. The minimum Gasteiger partial charge on any atom is -0.380 e. The second kappa shape index (κ2) is 8.43. The molecule has 1 atom stereocenters. The first kappa shape index (κ1) is 17.2. The molecular formula is C17H24ClNS. The quantitative estimate of drug-likeness (QED) is 0.670. The molecule has 1 N–H and O–H groups in total. The van der Waals surface area contributed by atoms with Gasteiger partial charge >= 0.3 is 0 Å². The standard InChI is InChI=1S/C17H24ClNS/c1-6-12(3)13(4)17(20-14(5)19-7-2)15-9-8-10-16(18)11-15/h8-12,19H,5-7H2,1-4H3/b17-13-. The number of hydrogen-bond donors (Lipinski definition) is 1. The van der Waals surface area contributed by atoms with Crippen molar-refractivity contribution in [2.24, 2.45) is 5.92 Å². The highest BCUT2D eigenvalue weighted by molar-refractivity contribution is 8.11. The molecule has 0 fully saturated rings. The van der Waals surface area contributed by atoms with Crippen LogP contribution in [-0.2, 0) is 0 Å². The summed E-state index contributed by atoms with van der Waals surface area (Å²) >= 11 is 7.83. The van der Waals surface area contributed by atoms with Crippen LogP contribution >= 0.6 is 23.4 Å². The SMILES string of the molecule is C=C(NCC)S/C(=C(/C)C(C)CC)c1cccc(Cl)c1. The molecule has 0 amide bonds. The summed E-state index contributed by atoms with van der Waals surface area (Å²) in [6.07, 6.45) is 1.13. The topological polar surface area (TPSA) is 12.0 Å². The van der Waals surface area contributed by atoms with Gasteiger partial charge in [0.25, 0.3) is 0 Å². The Morgan fingerprint density at radius 3 is 2.65 bits per heavy atom. The summed E-state index contributed by atoms with van der Waals surface area (Å²) < 4.78 is 0. The molecule has 0 aromatic heterocycles. The lowest BCUT2D eigenvalue weighted by atomic mass is 9.97. The Morgan fingerprint density at radius 2 is 2.10 bits per heavy atom. The van der Waals surface area contributed by atoms with E-state index in [4.69, 9.17) is 11.6 Å². The van der Waals surface area contributed by atoms with Crippen molar-refractivity contribution in [3.05, 3.63) is 52.0 Å². The van der Waals surface area contributed by atoms with Gasteiger partial charge in [0.05, 0.1) is 5.03 Å². The number of benzene rings is 1. The van der Waals surface area contributed by atoms with E-state index < -0.39 is 0 Å². The molecule has 0 heterocycles. The van der Waals surface area contributed by atoms with Crippen molar-refractivity contribution >= 4 is 28.3 Å². The van der Waals surface area contributed by atoms with Gasteiger partial charge in [0.15, 0.2) is 0 Å². The molecule has 0 aliphatic carbocycles. The number of rotatable bonds is 7. The highest BCUT2D eigenvalue weighted by atomic mass is 35.5. The van der Waals surface area contributed by atoms with Gasteiger partial charge in [-0.2, -0.15) is 0 Å². The Kier molecular flexibility index (Phi) is 7.25. The molecule has 1 unspecified atom stereocenters. The minimum atomic E-state index is 0.547. The average molecular weight is 310 g/mol. The van der Waals surface area contributed by atoms with Crippen LogP contribution in [0.1, 0.15) is 39.7 Å². The second-order valence-electron chi connectivity index (χ2n) is 4.89. The van der Waals surface area contributed by atoms with E-state index in [9.17, 15) is 0 Å². The van der Waals surface area contributed by atoms with E-state index in [0.29, 0.717) is 5.92 Å². The van der Waals surface area contributed by atoms with Crippen molar-refractivity contribution in [1.29, 1.82) is 0 Å². The van der Waals surface area contributed by atoms with Gasteiger partial charge in [-0.05, 0) is 43.9 Å². The summed E-state index contributed by atoms with van der Waals surface area (Å²) in [6.45, 7) is 13.7. The number of hydrogen-bond acceptors (Lipinski definition) is 2. The van der Waals surface area contributed by atoms with Crippen molar-refractivity contribution in [2.45, 2.75) is 34.1 Å². The second-order valence-corrected chi connectivity index (χ2v) is 6.43. The maximum absolute atomic E-state index is 6.13. The smallest absolute Gasteiger partial charge is 0.0656 e. The fourth-order valence-electron chi connectivity index (χ4n) is 1.88. The first-order valence-corrected chi connectivity index (χ1v) is 8.26. The minimum absolute atomic E-state index is 0.547. The zero-order valence-corrected chi connectivity index (χ0v) is 14.4. The van der Waals surface area contributed by atoms with E-state index in [0.717, 1.165) is 23.0 Å². The largest absolute Gasteiger partial charge is 0.380 e. The van der Waals surface area contributed by atoms with E-state index in [2.05, 4.69) is 45.7 Å². The maximum Gasteiger partial charge on any atom is 0.0656 e. The molecule has 0 aliphatic heterocycles. The third kappa shape index (κ3) is 4.92. The lowest BCUT2D eigenvalue weighted by molar-refractivity contribution is 0.659. The van der Waals surface area contributed by atoms with E-state index in [-0.39, 0.29) is 0 Å². The summed E-state index contributed by atoms with van der Waals surface area (Å²) in [6, 6.07) is 8.04. The number of nitrogens with one attached hydrogen (secondary N) is 1. The molecule has 0 saturated carbocycles. The van der Waals surface area contributed by atoms with E-state index >= 15 is 0 Å². The molecule has 1 aromatic carbocycles. The van der Waals surface area contributed by atoms with Crippen LogP contribution in [0.25, 0.3) is 4.91 Å². The molecule has 0 spiro atoms. The van der Waals surface area contributed by atoms with Gasteiger partial charge in [-0.1, -0.05) is 61.5 Å². The first-order valence-electron chi connectivity index (χ1n) is 7.06. The third-order valence-corrected chi connectivity index (χ3v) is 4.78. The molecular weight excluding hydrogens is 286 g/mol. The predicted molar refractivity (Wildman–Crippen MR) is 93.9 cm³/mol. The van der Waals surface area contributed by atoms with Crippen molar-refractivity contribution < 1.29 is 0 Å². The summed E-state index contributed by atoms with van der Waals surface area (Å²) in [4.78, 5) is 1.26. The Morgan fingerprint density at radius 1 is 1.40 bits per heavy atom. The summed E-state index contributed by atoms with van der Waals surface area (Å²) in [5.41, 5.74) is 2.55. The summed E-state index contributed by atoms with van der Waals surface area (Å²) in [7, 11) is 0. The molecule has 0 bridgehead atoms. The van der Waals surface area contributed by atoms with Gasteiger partial charge in [0.1, 0.15) is 0 Å². The Balaban J connectivity index is 3.17. The normalized spacial score (nSPS) is 13.7. The van der Waals surface area contributed by atoms with E-state index in [1.165, 1.54) is 16.0 Å². The van der Waals surface area contributed by atoms with E-state index in [1.807, 2.05) is 18.2 Å². The Labute approximate surface area is 132 Å². The molecule has 1 aromatic rings. The van der Waals surface area contributed by atoms with Crippen LogP contribution in [0.15, 0.2) is 41.4 Å². The molecule has 3 heteroatoms. The molecule has 0 saturated heterocycles. The van der Waals surface area contributed by atoms with Gasteiger partial charge in [-0.3, -0.25) is 0 Å². The Hall–Kier alpha value is -0.860. The summed E-state index contributed by atoms with van der Waals surface area (Å²) in [5, 5.41) is 5.02. The fourth-order valence-corrected chi connectivity index (χ4v) is 3.14. The lowest BCUT2D eigenvalue weighted by Crippen LogP contribution is -2.09. The van der Waals surface area contributed by atoms with Gasteiger partial charge in [-0.15, -0.1) is 0 Å². The monoisotopic (exact) mass is 309 g/mol. The lowest BCUT2D eigenvalue weighted by Gasteiger charge is -2.18. The molecule has 0 aliphatic rings. The van der Waals surface area contributed by atoms with Crippen LogP contribution in [0, 0.1) is 5.92 Å². The van der Waals surface area contributed by atoms with Crippen LogP contribution in [0.3, 0.4) is 0 Å². The van der Waals surface area contributed by atoms with Gasteiger partial charge in [0.2, 0.25) is 0 Å². The molecule has 110 valence electrons. The van der Waals surface area contributed by atoms with Crippen molar-refractivity contribution in [2.75, 3.05) is 6.54 Å². The van der Waals surface area contributed by atoms with Crippen molar-refractivity contribution in [3.8, 4) is 0 Å². The highest BCUT2D eigenvalue weighted by Crippen LogP contribution is 2.38. The first-order chi connectivity index (χ1) is 9.49. The van der Waals surface area contributed by atoms with Crippen LogP contribution in [0.4, 0.5) is 0 Å². The van der Waals surface area contributed by atoms with Gasteiger partial charge < -0.3 is 5.32 Å². The van der Waals surface area contributed by atoms with E-state index in [1.54, 1.807) is 11.8 Å². The third-order valence-electron chi connectivity index (χ3n) is 3.40. The van der Waals surface area contributed by atoms with Gasteiger partial charge in [-0.25, -0.2) is 0 Å². The molecule has 1 rings (SSSR count). The van der Waals surface area contributed by atoms with Crippen LogP contribution in [0.2, 0.25) is 5.02 Å². The fraction of sp³-hybridized carbons (Fsp3) is 0.412. The number of halogens is 1. The summed E-state index contributed by atoms with van der Waals surface area (Å²) in [5.74, 6) is 0.547. The van der Waals surface area contributed by atoms with Crippen LogP contribution < -0.4 is 5.32 Å². The zero-order chi connectivity index (χ0) is 15.1. The maximum atomic E-state index is 6.13. The predicted octanol–water partition coefficient (Wildman–Crippen LogP) is 5.93. The van der Waals surface area contributed by atoms with Crippen molar-refractivity contribution in [3.63, 3.8) is 0 Å². The molecule has 1 nitrogen and oxygen atoms in total. The zero-order valence-electron chi connectivity index (χ0n) is 12.8. The molecule has 0 radical (unpaired) electrons. The van der Waals surface area contributed by atoms with Crippen molar-refractivity contribution in [1.82, 2.24) is 5.32 Å². The van der Waals surface area contributed by atoms with Crippen LogP contribution in [0.5, 0.6) is 0 Å². The van der Waals surface area contributed by atoms with Gasteiger partial charge in [0, 0.05) is 16.5 Å².